The lowest BCUT2D eigenvalue weighted by atomic mass is 10.2. The molecule has 17 heteroatoms. The molecule has 2 rings (SSSR count). The monoisotopic (exact) mass is 586 g/mol. The molecule has 0 spiro atoms. The number of benzene rings is 1. The van der Waals surface area contributed by atoms with E-state index in [0.717, 1.165) is 0 Å². The lowest BCUT2D eigenvalue weighted by Crippen LogP contribution is -2.49. The number of quaternary nitrogens is 1. The second kappa shape index (κ2) is 14.3. The van der Waals surface area contributed by atoms with Crippen molar-refractivity contribution in [3.63, 3.8) is 0 Å². The number of ether oxygens (including phenoxy) is 2. The number of alkyl halides is 3. The summed E-state index contributed by atoms with van der Waals surface area (Å²) in [6, 6.07) is 2.96. The van der Waals surface area contributed by atoms with Crippen LogP contribution in [0.5, 0.6) is 5.75 Å². The van der Waals surface area contributed by atoms with Crippen molar-refractivity contribution in [2.45, 2.75) is 30.5 Å². The van der Waals surface area contributed by atoms with Crippen molar-refractivity contribution >= 4 is 33.7 Å². The van der Waals surface area contributed by atoms with E-state index >= 15 is 0 Å². The Kier molecular flexibility index (Phi) is 12.4. The van der Waals surface area contributed by atoms with Gasteiger partial charge in [-0.1, -0.05) is 0 Å². The number of rotatable bonds is 10. The zero-order valence-corrected chi connectivity index (χ0v) is 22.7. The molecular formula is C22H33F3N4O9S. The van der Waals surface area contributed by atoms with Crippen LogP contribution < -0.4 is 19.9 Å². The lowest BCUT2D eigenvalue weighted by Gasteiger charge is -2.29. The largest absolute Gasteiger partial charge is 0.542 e. The normalized spacial score (nSPS) is 15.0. The molecule has 1 saturated heterocycles. The van der Waals surface area contributed by atoms with Gasteiger partial charge in [0.05, 0.1) is 70.6 Å². The Morgan fingerprint density at radius 1 is 1.21 bits per heavy atom. The van der Waals surface area contributed by atoms with Gasteiger partial charge >= 0.3 is 18.2 Å². The molecule has 1 aromatic rings. The number of halogens is 3. The minimum absolute atomic E-state index is 0.102. The molecule has 13 nitrogen and oxygen atoms in total. The molecule has 39 heavy (non-hydrogen) atoms. The third-order valence-corrected chi connectivity index (χ3v) is 6.36. The Morgan fingerprint density at radius 2 is 1.77 bits per heavy atom. The molecule has 0 radical (unpaired) electrons. The maximum Gasteiger partial charge on any atom is 0.430 e. The number of carboxylic acid groups (broad SMARTS) is 2. The minimum Gasteiger partial charge on any atom is -0.542 e. The molecule has 1 aliphatic rings. The molecule has 0 aromatic heterocycles. The Morgan fingerprint density at radius 3 is 2.23 bits per heavy atom. The van der Waals surface area contributed by atoms with Gasteiger partial charge in [-0.3, -0.25) is 4.79 Å². The predicted octanol–water partition coefficient (Wildman–Crippen LogP) is 0.0758. The van der Waals surface area contributed by atoms with E-state index in [1.165, 1.54) is 18.2 Å². The number of sulfonamides is 1. The number of hydrogen-bond acceptors (Lipinski definition) is 8. The number of likely N-dealkylation sites (N-methyl/N-ethyl adjacent to an activating group) is 1. The Labute approximate surface area is 224 Å². The summed E-state index contributed by atoms with van der Waals surface area (Å²) in [5, 5.41) is 20.7. The first-order chi connectivity index (χ1) is 17.9. The minimum atomic E-state index is -5.19. The van der Waals surface area contributed by atoms with Crippen LogP contribution in [0.2, 0.25) is 0 Å². The fourth-order valence-electron chi connectivity index (χ4n) is 3.32. The van der Waals surface area contributed by atoms with Crippen molar-refractivity contribution < 1.29 is 60.1 Å². The maximum atomic E-state index is 13.0. The summed E-state index contributed by atoms with van der Waals surface area (Å²) < 4.78 is 71.3. The Balaban J connectivity index is 0.000000956. The van der Waals surface area contributed by atoms with Crippen LogP contribution in [0.25, 0.3) is 0 Å². The van der Waals surface area contributed by atoms with Gasteiger partial charge < -0.3 is 39.2 Å². The number of amides is 2. The quantitative estimate of drug-likeness (QED) is 0.321. The van der Waals surface area contributed by atoms with Crippen molar-refractivity contribution in [1.82, 2.24) is 9.62 Å². The summed E-state index contributed by atoms with van der Waals surface area (Å²) in [6.45, 7) is 4.11. The third kappa shape index (κ3) is 12.5. The molecule has 1 atom stereocenters. The Hall–Kier alpha value is -3.15. The van der Waals surface area contributed by atoms with Crippen molar-refractivity contribution in [2.75, 3.05) is 65.9 Å². The number of morpholine rings is 1. The van der Waals surface area contributed by atoms with Gasteiger partial charge in [0, 0.05) is 13.1 Å². The van der Waals surface area contributed by atoms with Gasteiger partial charge in [-0.05, 0) is 25.1 Å². The second-order valence-electron chi connectivity index (χ2n) is 9.29. The fourth-order valence-corrected chi connectivity index (χ4v) is 4.57. The number of nitrogens with one attached hydrogen (secondary N) is 2. The summed E-state index contributed by atoms with van der Waals surface area (Å²) in [4.78, 5) is 34.1. The second-order valence-corrected chi connectivity index (χ2v) is 11.0. The van der Waals surface area contributed by atoms with Crippen LogP contribution in [-0.2, 0) is 24.3 Å². The van der Waals surface area contributed by atoms with Crippen molar-refractivity contribution in [1.29, 1.82) is 0 Å². The average Bonchev–Trinajstić information content (AvgIpc) is 2.78. The van der Waals surface area contributed by atoms with E-state index in [9.17, 15) is 36.3 Å². The number of aliphatic carboxylic acids is 2. The molecule has 3 N–H and O–H groups in total. The van der Waals surface area contributed by atoms with Gasteiger partial charge in [0.15, 0.2) is 0 Å². The van der Waals surface area contributed by atoms with E-state index < -0.39 is 34.2 Å². The summed E-state index contributed by atoms with van der Waals surface area (Å²) in [5.41, 5.74) is 0.215. The third-order valence-electron chi connectivity index (χ3n) is 4.84. The number of carboxylic acids is 2. The van der Waals surface area contributed by atoms with Crippen LogP contribution in [0.3, 0.4) is 0 Å². The van der Waals surface area contributed by atoms with E-state index in [1.807, 2.05) is 21.1 Å². The molecule has 0 unspecified atom stereocenters. The highest BCUT2D eigenvalue weighted by Crippen LogP contribution is 2.28. The van der Waals surface area contributed by atoms with Gasteiger partial charge in [0.25, 0.3) is 0 Å². The summed E-state index contributed by atoms with van der Waals surface area (Å²) >= 11 is 0. The topological polar surface area (TPSA) is 174 Å². The van der Waals surface area contributed by atoms with Crippen molar-refractivity contribution in [3.8, 4) is 5.75 Å². The van der Waals surface area contributed by atoms with E-state index in [2.05, 4.69) is 10.0 Å². The SMILES string of the molecule is CCOc1ccc(S(=O)(=O)N[C@H](CC(=O)O)C[N+](C)(C)C)cc1NC(=O)N1CCOCC1.O=C([O-])C(F)(F)F. The van der Waals surface area contributed by atoms with Crippen LogP contribution in [0.15, 0.2) is 23.1 Å². The van der Waals surface area contributed by atoms with E-state index in [1.54, 1.807) is 11.8 Å². The highest BCUT2D eigenvalue weighted by atomic mass is 32.2. The van der Waals surface area contributed by atoms with Gasteiger partial charge in [-0.25, -0.2) is 17.9 Å². The van der Waals surface area contributed by atoms with Gasteiger partial charge in [0.1, 0.15) is 11.7 Å². The lowest BCUT2D eigenvalue weighted by molar-refractivity contribution is -0.871. The highest BCUT2D eigenvalue weighted by Gasteiger charge is 2.29. The molecule has 1 aromatic carbocycles. The first-order valence-corrected chi connectivity index (χ1v) is 13.1. The van der Waals surface area contributed by atoms with Gasteiger partial charge in [0.2, 0.25) is 10.0 Å². The number of hydrogen-bond donors (Lipinski definition) is 3. The van der Waals surface area contributed by atoms with Crippen molar-refractivity contribution in [3.05, 3.63) is 18.2 Å². The van der Waals surface area contributed by atoms with E-state index in [4.69, 9.17) is 19.4 Å². The zero-order valence-electron chi connectivity index (χ0n) is 21.9. The van der Waals surface area contributed by atoms with Crippen LogP contribution in [0.4, 0.5) is 23.7 Å². The number of carbonyl (C=O) groups excluding carboxylic acids is 2. The van der Waals surface area contributed by atoms with Crippen LogP contribution >= 0.6 is 0 Å². The number of nitrogens with zero attached hydrogens (tertiary/aromatic N) is 2. The van der Waals surface area contributed by atoms with Crippen molar-refractivity contribution in [2.24, 2.45) is 0 Å². The molecule has 1 heterocycles. The number of urea groups is 1. The summed E-state index contributed by atoms with van der Waals surface area (Å²) in [5.74, 6) is -3.77. The first kappa shape index (κ1) is 33.9. The smallest absolute Gasteiger partial charge is 0.430 e. The van der Waals surface area contributed by atoms with Crippen LogP contribution in [0, 0.1) is 0 Å². The summed E-state index contributed by atoms with van der Waals surface area (Å²) in [7, 11) is 1.48. The molecule has 0 saturated carbocycles. The van der Waals surface area contributed by atoms with Gasteiger partial charge in [-0.2, -0.15) is 13.2 Å². The zero-order chi connectivity index (χ0) is 30.0. The number of carbonyl (C=O) groups is 3. The molecule has 0 bridgehead atoms. The maximum absolute atomic E-state index is 13.0. The Bertz CT molecular complexity index is 1100. The van der Waals surface area contributed by atoms with Gasteiger partial charge in [-0.15, -0.1) is 0 Å². The molecule has 1 fully saturated rings. The van der Waals surface area contributed by atoms with E-state index in [-0.39, 0.29) is 29.6 Å². The first-order valence-electron chi connectivity index (χ1n) is 11.6. The standard InChI is InChI=1S/C20H32N4O7S.C2HF3O2/c1-5-31-18-7-6-16(13-17(18)21-20(27)23-8-10-30-11-9-23)32(28,29)22-15(12-19(25)26)14-24(2,3)4;3-2(4,5)1(6)7/h6-7,13,15,22H,5,8-12,14H2,1-4H3,(H-,21,25,26,27);(H,6,7)/t15-;/m1./s1. The molecule has 222 valence electrons. The molecule has 2 amide bonds. The van der Waals surface area contributed by atoms with Crippen LogP contribution in [-0.4, -0.2) is 114 Å². The molecule has 0 aliphatic carbocycles. The summed E-state index contributed by atoms with van der Waals surface area (Å²) in [6.07, 6.45) is -5.55. The molecule has 1 aliphatic heterocycles. The fraction of sp³-hybridized carbons (Fsp3) is 0.591. The van der Waals surface area contributed by atoms with E-state index in [0.29, 0.717) is 43.1 Å². The average molecular weight is 587 g/mol. The highest BCUT2D eigenvalue weighted by molar-refractivity contribution is 7.89. The number of anilines is 1. The predicted molar refractivity (Wildman–Crippen MR) is 129 cm³/mol. The van der Waals surface area contributed by atoms with Crippen LogP contribution in [0.1, 0.15) is 13.3 Å². The molecular weight excluding hydrogens is 553 g/mol.